The van der Waals surface area contributed by atoms with Gasteiger partial charge in [0.05, 0.1) is 13.2 Å². The van der Waals surface area contributed by atoms with Gasteiger partial charge in [-0.15, -0.1) is 0 Å². The lowest BCUT2D eigenvalue weighted by Crippen LogP contribution is -2.37. The number of benzene rings is 1. The van der Waals surface area contributed by atoms with Crippen molar-refractivity contribution in [1.82, 2.24) is 10.6 Å². The molecule has 0 radical (unpaired) electrons. The fourth-order valence-corrected chi connectivity index (χ4v) is 2.85. The van der Waals surface area contributed by atoms with E-state index in [9.17, 15) is 13.2 Å². The molecule has 2 rings (SSSR count). The van der Waals surface area contributed by atoms with Crippen molar-refractivity contribution in [2.45, 2.75) is 32.5 Å². The molecule has 1 atom stereocenters. The van der Waals surface area contributed by atoms with Crippen LogP contribution in [-0.2, 0) is 16.0 Å². The molecule has 1 aliphatic heterocycles. The highest BCUT2D eigenvalue weighted by molar-refractivity contribution is 5.79. The van der Waals surface area contributed by atoms with Crippen molar-refractivity contribution in [2.24, 2.45) is 10.9 Å². The van der Waals surface area contributed by atoms with Gasteiger partial charge in [0, 0.05) is 44.8 Å². The maximum absolute atomic E-state index is 12.5. The number of hydrogen-bond acceptors (Lipinski definition) is 4. The first-order chi connectivity index (χ1) is 13.9. The Balaban J connectivity index is 1.71. The van der Waals surface area contributed by atoms with Gasteiger partial charge in [0.1, 0.15) is 5.75 Å². The minimum absolute atomic E-state index is 0.217. The molecule has 1 saturated heterocycles. The van der Waals surface area contributed by atoms with E-state index in [-0.39, 0.29) is 5.75 Å². The Labute approximate surface area is 169 Å². The average molecular weight is 417 g/mol. The van der Waals surface area contributed by atoms with Crippen LogP contribution in [0.1, 0.15) is 24.0 Å². The highest BCUT2D eigenvalue weighted by atomic mass is 19.4. The number of hydrogen-bond donors (Lipinski definition) is 2. The second-order valence-electron chi connectivity index (χ2n) is 7.03. The molecule has 6 nitrogen and oxygen atoms in total. The minimum Gasteiger partial charge on any atom is -0.484 e. The molecule has 2 N–H and O–H groups in total. The molecule has 9 heteroatoms. The van der Waals surface area contributed by atoms with Crippen molar-refractivity contribution >= 4 is 5.96 Å². The van der Waals surface area contributed by atoms with Crippen LogP contribution in [0.4, 0.5) is 13.2 Å². The first-order valence-electron chi connectivity index (χ1n) is 9.76. The van der Waals surface area contributed by atoms with Gasteiger partial charge in [-0.1, -0.05) is 12.1 Å². The predicted octanol–water partition coefficient (Wildman–Crippen LogP) is 3.04. The molecule has 0 aliphatic carbocycles. The standard InChI is InChI=1S/C20H30F3N3O3/c1-15-4-5-17(18(10-15)29-14-20(21,22)23)11-26-19(24-2)25-7-3-8-27-12-16-6-9-28-13-16/h4-5,10,16H,3,6-9,11-14H2,1-2H3,(H2,24,25,26). The van der Waals surface area contributed by atoms with Gasteiger partial charge in [-0.05, 0) is 31.4 Å². The minimum atomic E-state index is -4.38. The summed E-state index contributed by atoms with van der Waals surface area (Å²) in [6, 6.07) is 5.19. The molecule has 1 aliphatic rings. The first kappa shape index (κ1) is 23.3. The summed E-state index contributed by atoms with van der Waals surface area (Å²) in [6.45, 7) is 4.43. The molecule has 1 aromatic carbocycles. The van der Waals surface area contributed by atoms with E-state index >= 15 is 0 Å². The summed E-state index contributed by atoms with van der Waals surface area (Å²) in [4.78, 5) is 4.13. The molecule has 0 bridgehead atoms. The number of nitrogens with zero attached hydrogens (tertiary/aromatic N) is 1. The smallest absolute Gasteiger partial charge is 0.422 e. The predicted molar refractivity (Wildman–Crippen MR) is 105 cm³/mol. The summed E-state index contributed by atoms with van der Waals surface area (Å²) in [5.74, 6) is 1.28. The Bertz CT molecular complexity index is 648. The lowest BCUT2D eigenvalue weighted by Gasteiger charge is -2.16. The zero-order valence-electron chi connectivity index (χ0n) is 17.0. The van der Waals surface area contributed by atoms with Crippen LogP contribution in [0.25, 0.3) is 0 Å². The summed E-state index contributed by atoms with van der Waals surface area (Å²) < 4.78 is 53.3. The van der Waals surface area contributed by atoms with Gasteiger partial charge in [0.25, 0.3) is 0 Å². The number of alkyl halides is 3. The van der Waals surface area contributed by atoms with Crippen LogP contribution in [0.2, 0.25) is 0 Å². The highest BCUT2D eigenvalue weighted by Gasteiger charge is 2.28. The van der Waals surface area contributed by atoms with E-state index in [4.69, 9.17) is 14.2 Å². The number of aliphatic imine (C=N–C) groups is 1. The van der Waals surface area contributed by atoms with Crippen molar-refractivity contribution in [3.8, 4) is 5.75 Å². The van der Waals surface area contributed by atoms with Crippen LogP contribution in [0.5, 0.6) is 5.75 Å². The van der Waals surface area contributed by atoms with Crippen molar-refractivity contribution < 1.29 is 27.4 Å². The lowest BCUT2D eigenvalue weighted by molar-refractivity contribution is -0.153. The second kappa shape index (κ2) is 11.9. The molecule has 1 unspecified atom stereocenters. The zero-order valence-corrected chi connectivity index (χ0v) is 17.0. The van der Waals surface area contributed by atoms with Crippen LogP contribution in [0, 0.1) is 12.8 Å². The summed E-state index contributed by atoms with van der Waals surface area (Å²) in [6.07, 6.45) is -2.50. The molecule has 1 aromatic rings. The SMILES string of the molecule is CN=C(NCCCOCC1CCOC1)NCc1ccc(C)cc1OCC(F)(F)F. The Morgan fingerprint density at radius 3 is 2.83 bits per heavy atom. The van der Waals surface area contributed by atoms with Crippen LogP contribution < -0.4 is 15.4 Å². The Kier molecular flexibility index (Phi) is 9.53. The molecule has 0 saturated carbocycles. The quantitative estimate of drug-likeness (QED) is 0.348. The van der Waals surface area contributed by atoms with Crippen LogP contribution >= 0.6 is 0 Å². The summed E-state index contributed by atoms with van der Waals surface area (Å²) in [5, 5.41) is 6.27. The van der Waals surface area contributed by atoms with Gasteiger partial charge in [-0.3, -0.25) is 4.99 Å². The number of aryl methyl sites for hydroxylation is 1. The Morgan fingerprint density at radius 2 is 2.14 bits per heavy atom. The number of halogens is 3. The maximum Gasteiger partial charge on any atom is 0.422 e. The Morgan fingerprint density at radius 1 is 1.31 bits per heavy atom. The molecular formula is C20H30F3N3O3. The number of rotatable bonds is 10. The zero-order chi connectivity index (χ0) is 21.1. The van der Waals surface area contributed by atoms with Gasteiger partial charge in [0.2, 0.25) is 0 Å². The normalized spacial score (nSPS) is 17.4. The van der Waals surface area contributed by atoms with Crippen molar-refractivity contribution in [3.63, 3.8) is 0 Å². The van der Waals surface area contributed by atoms with E-state index in [1.54, 1.807) is 26.1 Å². The van der Waals surface area contributed by atoms with Gasteiger partial charge >= 0.3 is 6.18 Å². The van der Waals surface area contributed by atoms with E-state index < -0.39 is 12.8 Å². The summed E-state index contributed by atoms with van der Waals surface area (Å²) >= 11 is 0. The van der Waals surface area contributed by atoms with E-state index in [1.807, 2.05) is 6.07 Å². The van der Waals surface area contributed by atoms with Crippen LogP contribution in [0.15, 0.2) is 23.2 Å². The van der Waals surface area contributed by atoms with Gasteiger partial charge in [0.15, 0.2) is 12.6 Å². The average Bonchev–Trinajstić information content (AvgIpc) is 3.19. The maximum atomic E-state index is 12.5. The fraction of sp³-hybridized carbons (Fsp3) is 0.650. The largest absolute Gasteiger partial charge is 0.484 e. The molecule has 1 fully saturated rings. The number of ether oxygens (including phenoxy) is 3. The second-order valence-corrected chi connectivity index (χ2v) is 7.03. The molecular weight excluding hydrogens is 387 g/mol. The highest BCUT2D eigenvalue weighted by Crippen LogP contribution is 2.23. The lowest BCUT2D eigenvalue weighted by atomic mass is 10.1. The number of nitrogens with one attached hydrogen (secondary N) is 2. The summed E-state index contributed by atoms with van der Waals surface area (Å²) in [5.41, 5.74) is 1.46. The monoisotopic (exact) mass is 417 g/mol. The van der Waals surface area contributed by atoms with Gasteiger partial charge in [-0.2, -0.15) is 13.2 Å². The summed E-state index contributed by atoms with van der Waals surface area (Å²) in [7, 11) is 1.64. The van der Waals surface area contributed by atoms with Gasteiger partial charge < -0.3 is 24.8 Å². The molecule has 1 heterocycles. The van der Waals surface area contributed by atoms with Gasteiger partial charge in [-0.25, -0.2) is 0 Å². The number of guanidine groups is 1. The van der Waals surface area contributed by atoms with Crippen molar-refractivity contribution in [1.29, 1.82) is 0 Å². The molecule has 0 spiro atoms. The molecule has 0 aromatic heterocycles. The first-order valence-corrected chi connectivity index (χ1v) is 9.76. The van der Waals surface area contributed by atoms with Crippen molar-refractivity contribution in [3.05, 3.63) is 29.3 Å². The van der Waals surface area contributed by atoms with E-state index in [1.165, 1.54) is 0 Å². The third-order valence-corrected chi connectivity index (χ3v) is 4.42. The topological polar surface area (TPSA) is 64.1 Å². The van der Waals surface area contributed by atoms with Crippen LogP contribution in [-0.4, -0.2) is 58.8 Å². The molecule has 0 amide bonds. The van der Waals surface area contributed by atoms with Crippen molar-refractivity contribution in [2.75, 3.05) is 46.6 Å². The Hall–Kier alpha value is -2.00. The molecule has 29 heavy (non-hydrogen) atoms. The van der Waals surface area contributed by atoms with E-state index in [0.717, 1.165) is 38.2 Å². The van der Waals surface area contributed by atoms with Crippen LogP contribution in [0.3, 0.4) is 0 Å². The fourth-order valence-electron chi connectivity index (χ4n) is 2.85. The van der Waals surface area contributed by atoms with E-state index in [0.29, 0.717) is 37.1 Å². The third kappa shape index (κ3) is 9.36. The van der Waals surface area contributed by atoms with E-state index in [2.05, 4.69) is 15.6 Å². The molecule has 164 valence electrons. The third-order valence-electron chi connectivity index (χ3n) is 4.42.